The standard InChI is InChI=1S/C12H13N3O2/c1-7-4-15(3)14-11(7)12-9(5-16)8(2)10(6-17)13-12/h4-6,13H,1-3H3. The van der Waals surface area contributed by atoms with Crippen molar-refractivity contribution in [3.8, 4) is 11.4 Å². The molecule has 2 heterocycles. The largest absolute Gasteiger partial charge is 0.350 e. The molecule has 0 aliphatic carbocycles. The molecule has 88 valence electrons. The maximum Gasteiger partial charge on any atom is 0.166 e. The van der Waals surface area contributed by atoms with E-state index in [0.717, 1.165) is 11.8 Å². The van der Waals surface area contributed by atoms with Gasteiger partial charge in [-0.1, -0.05) is 0 Å². The van der Waals surface area contributed by atoms with Crippen LogP contribution in [0, 0.1) is 13.8 Å². The van der Waals surface area contributed by atoms with Gasteiger partial charge in [-0.25, -0.2) is 0 Å². The van der Waals surface area contributed by atoms with Crippen molar-refractivity contribution in [1.82, 2.24) is 14.8 Å². The van der Waals surface area contributed by atoms with E-state index >= 15 is 0 Å². The fourth-order valence-corrected chi connectivity index (χ4v) is 1.93. The normalized spacial score (nSPS) is 10.5. The third-order valence-corrected chi connectivity index (χ3v) is 2.82. The molecular formula is C12H13N3O2. The molecular weight excluding hydrogens is 218 g/mol. The van der Waals surface area contributed by atoms with Crippen LogP contribution in [0.2, 0.25) is 0 Å². The first kappa shape index (κ1) is 11.3. The van der Waals surface area contributed by atoms with E-state index in [1.54, 1.807) is 11.6 Å². The van der Waals surface area contributed by atoms with Gasteiger partial charge in [0.05, 0.1) is 11.4 Å². The molecule has 0 unspecified atom stereocenters. The zero-order chi connectivity index (χ0) is 12.6. The Labute approximate surface area is 98.5 Å². The lowest BCUT2D eigenvalue weighted by Crippen LogP contribution is -1.91. The van der Waals surface area contributed by atoms with E-state index in [9.17, 15) is 9.59 Å². The van der Waals surface area contributed by atoms with Crippen LogP contribution in [0.25, 0.3) is 11.4 Å². The number of carbonyl (C=O) groups is 2. The number of aromatic amines is 1. The van der Waals surface area contributed by atoms with Crippen LogP contribution in [0.4, 0.5) is 0 Å². The highest BCUT2D eigenvalue weighted by Crippen LogP contribution is 2.27. The lowest BCUT2D eigenvalue weighted by molar-refractivity contribution is 0.111. The highest BCUT2D eigenvalue weighted by molar-refractivity contribution is 5.92. The molecule has 17 heavy (non-hydrogen) atoms. The molecule has 0 atom stereocenters. The highest BCUT2D eigenvalue weighted by Gasteiger charge is 2.18. The molecule has 2 aromatic rings. The maximum absolute atomic E-state index is 11.1. The van der Waals surface area contributed by atoms with Gasteiger partial charge in [-0.3, -0.25) is 14.3 Å². The number of rotatable bonds is 3. The summed E-state index contributed by atoms with van der Waals surface area (Å²) in [6, 6.07) is 0. The summed E-state index contributed by atoms with van der Waals surface area (Å²) in [4.78, 5) is 24.9. The molecule has 2 rings (SSSR count). The van der Waals surface area contributed by atoms with E-state index in [-0.39, 0.29) is 0 Å². The number of carbonyl (C=O) groups excluding carboxylic acids is 2. The van der Waals surface area contributed by atoms with Crippen LogP contribution >= 0.6 is 0 Å². The SMILES string of the molecule is Cc1cn(C)nc1-c1[nH]c(C=O)c(C)c1C=O. The van der Waals surface area contributed by atoms with Crippen molar-refractivity contribution in [2.45, 2.75) is 13.8 Å². The molecule has 5 nitrogen and oxygen atoms in total. The molecule has 2 aromatic heterocycles. The van der Waals surface area contributed by atoms with Crippen molar-refractivity contribution in [2.75, 3.05) is 0 Å². The molecule has 0 aliphatic rings. The average molecular weight is 231 g/mol. The lowest BCUT2D eigenvalue weighted by Gasteiger charge is -1.96. The fourth-order valence-electron chi connectivity index (χ4n) is 1.93. The van der Waals surface area contributed by atoms with Crippen molar-refractivity contribution in [3.63, 3.8) is 0 Å². The van der Waals surface area contributed by atoms with E-state index in [4.69, 9.17) is 0 Å². The first-order valence-electron chi connectivity index (χ1n) is 5.22. The Balaban J connectivity index is 2.70. The number of hydrogen-bond donors (Lipinski definition) is 1. The van der Waals surface area contributed by atoms with E-state index < -0.39 is 0 Å². The molecule has 0 aliphatic heterocycles. The Morgan fingerprint density at radius 1 is 1.29 bits per heavy atom. The minimum Gasteiger partial charge on any atom is -0.350 e. The molecule has 0 saturated carbocycles. The Kier molecular flexibility index (Phi) is 2.67. The summed E-state index contributed by atoms with van der Waals surface area (Å²) >= 11 is 0. The van der Waals surface area contributed by atoms with Gasteiger partial charge in [0.25, 0.3) is 0 Å². The third kappa shape index (κ3) is 1.69. The molecule has 0 radical (unpaired) electrons. The van der Waals surface area contributed by atoms with Gasteiger partial charge in [-0.15, -0.1) is 0 Å². The van der Waals surface area contributed by atoms with Gasteiger partial charge < -0.3 is 4.98 Å². The van der Waals surface area contributed by atoms with Gasteiger partial charge in [0.2, 0.25) is 0 Å². The molecule has 0 fully saturated rings. The number of aromatic nitrogens is 3. The van der Waals surface area contributed by atoms with Crippen LogP contribution in [-0.2, 0) is 7.05 Å². The smallest absolute Gasteiger partial charge is 0.166 e. The monoisotopic (exact) mass is 231 g/mol. The zero-order valence-corrected chi connectivity index (χ0v) is 9.94. The summed E-state index contributed by atoms with van der Waals surface area (Å²) in [7, 11) is 1.81. The van der Waals surface area contributed by atoms with Gasteiger partial charge >= 0.3 is 0 Å². The first-order valence-corrected chi connectivity index (χ1v) is 5.22. The summed E-state index contributed by atoms with van der Waals surface area (Å²) in [5.74, 6) is 0. The van der Waals surface area contributed by atoms with Crippen LogP contribution in [-0.4, -0.2) is 27.3 Å². The zero-order valence-electron chi connectivity index (χ0n) is 9.94. The fraction of sp³-hybridized carbons (Fsp3) is 0.250. The van der Waals surface area contributed by atoms with Crippen molar-refractivity contribution < 1.29 is 9.59 Å². The van der Waals surface area contributed by atoms with E-state index in [1.807, 2.05) is 20.2 Å². The predicted molar refractivity (Wildman–Crippen MR) is 63.2 cm³/mol. The molecule has 0 aromatic carbocycles. The molecule has 0 saturated heterocycles. The average Bonchev–Trinajstić information content (AvgIpc) is 2.78. The second-order valence-electron chi connectivity index (χ2n) is 4.02. The maximum atomic E-state index is 11.1. The Morgan fingerprint density at radius 2 is 2.00 bits per heavy atom. The first-order chi connectivity index (χ1) is 8.08. The van der Waals surface area contributed by atoms with Crippen molar-refractivity contribution >= 4 is 12.6 Å². The number of nitrogens with zero attached hydrogens (tertiary/aromatic N) is 2. The molecule has 0 bridgehead atoms. The molecule has 5 heteroatoms. The van der Waals surface area contributed by atoms with Gasteiger partial charge in [0, 0.05) is 18.8 Å². The quantitative estimate of drug-likeness (QED) is 0.817. The van der Waals surface area contributed by atoms with E-state index in [1.165, 1.54) is 0 Å². The molecule has 1 N–H and O–H groups in total. The topological polar surface area (TPSA) is 67.8 Å². The minimum atomic E-state index is 0.423. The van der Waals surface area contributed by atoms with Crippen LogP contribution < -0.4 is 0 Å². The highest BCUT2D eigenvalue weighted by atomic mass is 16.1. The van der Waals surface area contributed by atoms with Crippen molar-refractivity contribution in [3.05, 3.63) is 28.6 Å². The predicted octanol–water partition coefficient (Wildman–Crippen LogP) is 1.66. The van der Waals surface area contributed by atoms with Crippen LogP contribution in [0.5, 0.6) is 0 Å². The Bertz CT molecular complexity index is 593. The Morgan fingerprint density at radius 3 is 2.47 bits per heavy atom. The summed E-state index contributed by atoms with van der Waals surface area (Å²) in [6.07, 6.45) is 3.33. The third-order valence-electron chi connectivity index (χ3n) is 2.82. The van der Waals surface area contributed by atoms with Gasteiger partial charge in [0.1, 0.15) is 5.69 Å². The number of hydrogen-bond acceptors (Lipinski definition) is 3. The van der Waals surface area contributed by atoms with Gasteiger partial charge in [-0.2, -0.15) is 5.10 Å². The minimum absolute atomic E-state index is 0.423. The lowest BCUT2D eigenvalue weighted by atomic mass is 10.1. The van der Waals surface area contributed by atoms with E-state index in [2.05, 4.69) is 10.1 Å². The van der Waals surface area contributed by atoms with Crippen molar-refractivity contribution in [1.29, 1.82) is 0 Å². The van der Waals surface area contributed by atoms with E-state index in [0.29, 0.717) is 34.5 Å². The second kappa shape index (κ2) is 4.01. The van der Waals surface area contributed by atoms with Gasteiger partial charge in [-0.05, 0) is 25.0 Å². The summed E-state index contributed by atoms with van der Waals surface area (Å²) in [6.45, 7) is 3.65. The summed E-state index contributed by atoms with van der Waals surface area (Å²) in [5, 5.41) is 4.29. The number of nitrogens with one attached hydrogen (secondary N) is 1. The van der Waals surface area contributed by atoms with Crippen molar-refractivity contribution in [2.24, 2.45) is 7.05 Å². The summed E-state index contributed by atoms with van der Waals surface area (Å²) < 4.78 is 1.68. The molecule has 0 spiro atoms. The van der Waals surface area contributed by atoms with Crippen LogP contribution in [0.15, 0.2) is 6.20 Å². The summed E-state index contributed by atoms with van der Waals surface area (Å²) in [5.41, 5.74) is 3.84. The van der Waals surface area contributed by atoms with Crippen LogP contribution in [0.3, 0.4) is 0 Å². The van der Waals surface area contributed by atoms with Gasteiger partial charge in [0.15, 0.2) is 12.6 Å². The van der Waals surface area contributed by atoms with Crippen LogP contribution in [0.1, 0.15) is 32.0 Å². The second-order valence-corrected chi connectivity index (χ2v) is 4.02. The number of aryl methyl sites for hydroxylation is 2. The molecule has 0 amide bonds. The number of H-pyrrole nitrogens is 1. The number of aldehydes is 2. The Hall–Kier alpha value is -2.17.